The number of fused-ring (bicyclic) bond motifs is 1. The summed E-state index contributed by atoms with van der Waals surface area (Å²) in [5, 5.41) is 3.98. The van der Waals surface area contributed by atoms with Crippen LogP contribution < -0.4 is 0 Å². The standard InChI is InChI=1S/C18H10ClFN2O5/c19-12-7-3-6-11(15(12)20)13-8-14(26-21-13)18(25)27-22-16(23)9-4-1-2-5-10(9)17(22)24/h1-7,14H,8H2. The Bertz CT molecular complexity index is 988. The molecule has 7 nitrogen and oxygen atoms in total. The van der Waals surface area contributed by atoms with E-state index in [0.29, 0.717) is 5.06 Å². The first-order valence-electron chi connectivity index (χ1n) is 7.84. The lowest BCUT2D eigenvalue weighted by molar-refractivity contribution is -0.180. The van der Waals surface area contributed by atoms with Crippen molar-refractivity contribution in [2.24, 2.45) is 5.16 Å². The van der Waals surface area contributed by atoms with Crippen LogP contribution in [-0.4, -0.2) is 34.7 Å². The van der Waals surface area contributed by atoms with Gasteiger partial charge in [0.05, 0.1) is 21.9 Å². The molecule has 2 amide bonds. The number of nitrogens with zero attached hydrogens (tertiary/aromatic N) is 2. The van der Waals surface area contributed by atoms with Crippen LogP contribution >= 0.6 is 11.6 Å². The molecule has 2 aromatic rings. The number of rotatable bonds is 3. The monoisotopic (exact) mass is 388 g/mol. The van der Waals surface area contributed by atoms with Crippen molar-refractivity contribution in [3.63, 3.8) is 0 Å². The maximum absolute atomic E-state index is 14.1. The minimum atomic E-state index is -1.22. The number of amides is 2. The van der Waals surface area contributed by atoms with Crippen LogP contribution in [0.3, 0.4) is 0 Å². The normalized spacial score (nSPS) is 18.2. The molecule has 27 heavy (non-hydrogen) atoms. The number of carbonyl (C=O) groups excluding carboxylic acids is 3. The van der Waals surface area contributed by atoms with Gasteiger partial charge in [0.15, 0.2) is 5.82 Å². The van der Waals surface area contributed by atoms with Crippen molar-refractivity contribution in [3.05, 3.63) is 70.0 Å². The van der Waals surface area contributed by atoms with E-state index in [2.05, 4.69) is 5.16 Å². The maximum Gasteiger partial charge on any atom is 0.376 e. The summed E-state index contributed by atoms with van der Waals surface area (Å²) < 4.78 is 14.1. The Morgan fingerprint density at radius 3 is 2.41 bits per heavy atom. The summed E-state index contributed by atoms with van der Waals surface area (Å²) in [4.78, 5) is 46.6. The molecule has 2 aliphatic heterocycles. The summed E-state index contributed by atoms with van der Waals surface area (Å²) in [7, 11) is 0. The fourth-order valence-electron chi connectivity index (χ4n) is 2.79. The molecule has 0 aliphatic carbocycles. The minimum Gasteiger partial charge on any atom is -0.380 e. The van der Waals surface area contributed by atoms with E-state index in [4.69, 9.17) is 21.3 Å². The third-order valence-electron chi connectivity index (χ3n) is 4.13. The zero-order valence-electron chi connectivity index (χ0n) is 13.5. The van der Waals surface area contributed by atoms with Crippen LogP contribution in [0.4, 0.5) is 4.39 Å². The molecule has 2 heterocycles. The lowest BCUT2D eigenvalue weighted by atomic mass is 10.0. The number of hydrogen-bond donors (Lipinski definition) is 0. The van der Waals surface area contributed by atoms with E-state index in [1.807, 2.05) is 0 Å². The van der Waals surface area contributed by atoms with Crippen LogP contribution in [0.1, 0.15) is 32.7 Å². The molecule has 0 saturated heterocycles. The van der Waals surface area contributed by atoms with E-state index in [1.165, 1.54) is 30.3 Å². The van der Waals surface area contributed by atoms with Crippen LogP contribution in [0.2, 0.25) is 5.02 Å². The molecule has 1 atom stereocenters. The number of hydroxylamine groups is 2. The Morgan fingerprint density at radius 2 is 1.74 bits per heavy atom. The van der Waals surface area contributed by atoms with Gasteiger partial charge in [-0.1, -0.05) is 40.0 Å². The van der Waals surface area contributed by atoms with Crippen molar-refractivity contribution in [2.45, 2.75) is 12.5 Å². The van der Waals surface area contributed by atoms with Crippen molar-refractivity contribution in [3.8, 4) is 0 Å². The first-order chi connectivity index (χ1) is 13.0. The molecule has 0 saturated carbocycles. The quantitative estimate of drug-likeness (QED) is 0.755. The number of halogens is 2. The highest BCUT2D eigenvalue weighted by molar-refractivity contribution is 6.31. The van der Waals surface area contributed by atoms with Crippen molar-refractivity contribution in [1.29, 1.82) is 0 Å². The Morgan fingerprint density at radius 1 is 1.11 bits per heavy atom. The van der Waals surface area contributed by atoms with E-state index in [0.717, 1.165) is 0 Å². The zero-order chi connectivity index (χ0) is 19.1. The Hall–Kier alpha value is -3.26. The highest BCUT2D eigenvalue weighted by atomic mass is 35.5. The van der Waals surface area contributed by atoms with Gasteiger partial charge in [-0.25, -0.2) is 9.18 Å². The smallest absolute Gasteiger partial charge is 0.376 e. The molecular weight excluding hydrogens is 379 g/mol. The SMILES string of the molecule is O=C(ON1C(=O)c2ccccc2C1=O)C1CC(c2cccc(Cl)c2F)=NO1. The summed E-state index contributed by atoms with van der Waals surface area (Å²) in [6.45, 7) is 0. The van der Waals surface area contributed by atoms with Gasteiger partial charge in [-0.05, 0) is 24.3 Å². The lowest BCUT2D eigenvalue weighted by Crippen LogP contribution is -2.37. The van der Waals surface area contributed by atoms with Crippen LogP contribution in [0.15, 0.2) is 47.6 Å². The number of carbonyl (C=O) groups is 3. The topological polar surface area (TPSA) is 85.3 Å². The van der Waals surface area contributed by atoms with Gasteiger partial charge >= 0.3 is 5.97 Å². The second kappa shape index (κ2) is 6.48. The predicted octanol–water partition coefficient (Wildman–Crippen LogP) is 2.73. The summed E-state index contributed by atoms with van der Waals surface area (Å²) in [6, 6.07) is 10.5. The van der Waals surface area contributed by atoms with Gasteiger partial charge in [0.1, 0.15) is 0 Å². The van der Waals surface area contributed by atoms with Gasteiger partial charge < -0.3 is 9.68 Å². The molecule has 4 rings (SSSR count). The molecule has 0 aromatic heterocycles. The molecular formula is C18H10ClFN2O5. The molecule has 2 aromatic carbocycles. The van der Waals surface area contributed by atoms with E-state index in [1.54, 1.807) is 12.1 Å². The predicted molar refractivity (Wildman–Crippen MR) is 90.5 cm³/mol. The van der Waals surface area contributed by atoms with E-state index in [-0.39, 0.29) is 33.8 Å². The second-order valence-corrected chi connectivity index (χ2v) is 6.21. The van der Waals surface area contributed by atoms with Crippen molar-refractivity contribution in [1.82, 2.24) is 5.06 Å². The Kier molecular flexibility index (Phi) is 4.12. The van der Waals surface area contributed by atoms with E-state index < -0.39 is 29.7 Å². The highest BCUT2D eigenvalue weighted by Gasteiger charge is 2.41. The fraction of sp³-hybridized carbons (Fsp3) is 0.111. The van der Waals surface area contributed by atoms with Crippen molar-refractivity contribution >= 4 is 35.1 Å². The van der Waals surface area contributed by atoms with Gasteiger partial charge in [-0.2, -0.15) is 0 Å². The first kappa shape index (κ1) is 17.2. The molecule has 9 heteroatoms. The third kappa shape index (κ3) is 2.83. The highest BCUT2D eigenvalue weighted by Crippen LogP contribution is 2.26. The number of hydrogen-bond acceptors (Lipinski definition) is 6. The van der Waals surface area contributed by atoms with E-state index in [9.17, 15) is 18.8 Å². The average Bonchev–Trinajstić information content (AvgIpc) is 3.24. The fourth-order valence-corrected chi connectivity index (χ4v) is 2.96. The van der Waals surface area contributed by atoms with Crippen LogP contribution in [-0.2, 0) is 14.5 Å². The lowest BCUT2D eigenvalue weighted by Gasteiger charge is -2.14. The minimum absolute atomic E-state index is 0.0905. The van der Waals surface area contributed by atoms with Gasteiger partial charge in [0.25, 0.3) is 11.8 Å². The van der Waals surface area contributed by atoms with Gasteiger partial charge in [-0.3, -0.25) is 9.59 Å². The van der Waals surface area contributed by atoms with Crippen molar-refractivity contribution in [2.75, 3.05) is 0 Å². The molecule has 0 fully saturated rings. The number of benzene rings is 2. The first-order valence-corrected chi connectivity index (χ1v) is 8.22. The largest absolute Gasteiger partial charge is 0.380 e. The van der Waals surface area contributed by atoms with Crippen LogP contribution in [0.5, 0.6) is 0 Å². The summed E-state index contributed by atoms with van der Waals surface area (Å²) in [5.41, 5.74) is 0.541. The van der Waals surface area contributed by atoms with Gasteiger partial charge in [0.2, 0.25) is 6.10 Å². The number of oxime groups is 1. The number of imide groups is 1. The van der Waals surface area contributed by atoms with Crippen molar-refractivity contribution < 1.29 is 28.4 Å². The Balaban J connectivity index is 1.46. The maximum atomic E-state index is 14.1. The molecule has 136 valence electrons. The zero-order valence-corrected chi connectivity index (χ0v) is 14.3. The summed E-state index contributed by atoms with van der Waals surface area (Å²) >= 11 is 5.74. The van der Waals surface area contributed by atoms with Gasteiger partial charge in [-0.15, -0.1) is 0 Å². The molecule has 2 aliphatic rings. The second-order valence-electron chi connectivity index (χ2n) is 5.80. The van der Waals surface area contributed by atoms with Crippen LogP contribution in [0, 0.1) is 5.82 Å². The van der Waals surface area contributed by atoms with Gasteiger partial charge in [0, 0.05) is 12.0 Å². The molecule has 0 radical (unpaired) electrons. The molecule has 0 spiro atoms. The Labute approximate surface area is 156 Å². The third-order valence-corrected chi connectivity index (χ3v) is 4.42. The molecule has 0 N–H and O–H groups in total. The summed E-state index contributed by atoms with van der Waals surface area (Å²) in [5.74, 6) is -3.17. The summed E-state index contributed by atoms with van der Waals surface area (Å²) in [6.07, 6.45) is -1.32. The van der Waals surface area contributed by atoms with E-state index >= 15 is 0 Å². The molecule has 0 bridgehead atoms. The molecule has 1 unspecified atom stereocenters. The van der Waals surface area contributed by atoms with Crippen LogP contribution in [0.25, 0.3) is 0 Å². The average molecular weight is 389 g/mol.